The molecule has 0 bridgehead atoms. The van der Waals surface area contributed by atoms with Gasteiger partial charge in [-0.15, -0.1) is 0 Å². The summed E-state index contributed by atoms with van der Waals surface area (Å²) in [6.45, 7) is 2.02. The Kier molecular flexibility index (Phi) is 6.02. The number of ether oxygens (including phenoxy) is 1. The number of carboxylic acids is 1. The molecule has 2 amide bonds. The van der Waals surface area contributed by atoms with E-state index in [1.807, 2.05) is 24.3 Å². The number of carbonyl (C=O) groups is 3. The van der Waals surface area contributed by atoms with Crippen LogP contribution in [0, 0.1) is 17.8 Å². The third-order valence-electron chi connectivity index (χ3n) is 7.86. The maximum Gasteiger partial charge on any atom is 0.407 e. The predicted molar refractivity (Wildman–Crippen MR) is 126 cm³/mol. The zero-order valence-corrected chi connectivity index (χ0v) is 19.2. The second-order valence-corrected chi connectivity index (χ2v) is 9.71. The lowest BCUT2D eigenvalue weighted by molar-refractivity contribution is -0.142. The van der Waals surface area contributed by atoms with Crippen LogP contribution in [0.4, 0.5) is 4.79 Å². The standard InChI is InChI=1S/C27H30N2O5/c1-2-23(26(31)32)28-25(30)16-11-15-13-24(21(15)12-16)29-27(33)34-14-22-19-9-5-3-7-17(19)18-8-4-6-10-20(18)22/h3-10,15-16,21-24H,2,11-14H2,1H3,(H,28,30)(H,29,33)(H,31,32)/t15-,16?,21-,23?,24+/m0/s1. The Morgan fingerprint density at radius 3 is 2.26 bits per heavy atom. The van der Waals surface area contributed by atoms with Crippen LogP contribution in [0.25, 0.3) is 11.1 Å². The Bertz CT molecular complexity index is 1070. The van der Waals surface area contributed by atoms with Crippen molar-refractivity contribution in [2.24, 2.45) is 17.8 Å². The molecule has 3 aliphatic rings. The molecule has 2 unspecified atom stereocenters. The van der Waals surface area contributed by atoms with Crippen molar-refractivity contribution < 1.29 is 24.2 Å². The fourth-order valence-corrected chi connectivity index (χ4v) is 6.03. The summed E-state index contributed by atoms with van der Waals surface area (Å²) in [5, 5.41) is 14.8. The maximum atomic E-state index is 12.6. The third kappa shape index (κ3) is 4.04. The second kappa shape index (κ2) is 9.12. The topological polar surface area (TPSA) is 105 Å². The molecule has 7 nitrogen and oxygen atoms in total. The van der Waals surface area contributed by atoms with Crippen molar-refractivity contribution in [3.05, 3.63) is 59.7 Å². The van der Waals surface area contributed by atoms with Crippen molar-refractivity contribution in [2.75, 3.05) is 6.61 Å². The van der Waals surface area contributed by atoms with Gasteiger partial charge in [0, 0.05) is 17.9 Å². The average molecular weight is 463 g/mol. The van der Waals surface area contributed by atoms with Gasteiger partial charge in [0.15, 0.2) is 0 Å². The van der Waals surface area contributed by atoms with Gasteiger partial charge in [-0.3, -0.25) is 4.79 Å². The summed E-state index contributed by atoms with van der Waals surface area (Å²) >= 11 is 0. The number of benzene rings is 2. The van der Waals surface area contributed by atoms with E-state index in [9.17, 15) is 19.5 Å². The summed E-state index contributed by atoms with van der Waals surface area (Å²) in [6, 6.07) is 15.6. The number of amides is 2. The molecule has 0 saturated heterocycles. The summed E-state index contributed by atoms with van der Waals surface area (Å²) in [5.41, 5.74) is 4.74. The zero-order valence-electron chi connectivity index (χ0n) is 19.2. The molecule has 0 spiro atoms. The van der Waals surface area contributed by atoms with Gasteiger partial charge in [0.05, 0.1) is 0 Å². The highest BCUT2D eigenvalue weighted by molar-refractivity contribution is 5.85. The van der Waals surface area contributed by atoms with E-state index in [0.717, 1.165) is 12.8 Å². The van der Waals surface area contributed by atoms with E-state index in [-0.39, 0.29) is 36.3 Å². The first-order valence-corrected chi connectivity index (χ1v) is 12.1. The molecule has 0 aromatic heterocycles. The van der Waals surface area contributed by atoms with Crippen LogP contribution in [0.5, 0.6) is 0 Å². The summed E-state index contributed by atoms with van der Waals surface area (Å²) in [6.07, 6.45) is 2.17. The number of nitrogens with one attached hydrogen (secondary N) is 2. The number of alkyl carbamates (subject to hydrolysis) is 1. The quantitative estimate of drug-likeness (QED) is 0.579. The van der Waals surface area contributed by atoms with Gasteiger partial charge in [-0.1, -0.05) is 55.5 Å². The van der Waals surface area contributed by atoms with Crippen LogP contribution in [0.1, 0.15) is 49.7 Å². The van der Waals surface area contributed by atoms with E-state index in [1.54, 1.807) is 6.92 Å². The SMILES string of the molecule is CCC(NC(=O)C1C[C@H]2C[C@@H](NC(=O)OCC3c4ccccc4-c4ccccc43)[C@H]2C1)C(=O)O. The Morgan fingerprint density at radius 2 is 1.65 bits per heavy atom. The van der Waals surface area contributed by atoms with Crippen molar-refractivity contribution in [1.82, 2.24) is 10.6 Å². The van der Waals surface area contributed by atoms with Gasteiger partial charge in [-0.2, -0.15) is 0 Å². The molecule has 2 fully saturated rings. The smallest absolute Gasteiger partial charge is 0.407 e. The van der Waals surface area contributed by atoms with Crippen molar-refractivity contribution in [1.29, 1.82) is 0 Å². The molecule has 2 aromatic carbocycles. The van der Waals surface area contributed by atoms with Crippen molar-refractivity contribution in [3.8, 4) is 11.1 Å². The fraction of sp³-hybridized carbons (Fsp3) is 0.444. The Labute approximate surface area is 198 Å². The van der Waals surface area contributed by atoms with Gasteiger partial charge in [0.1, 0.15) is 12.6 Å². The molecule has 5 atom stereocenters. The van der Waals surface area contributed by atoms with Gasteiger partial charge in [0.25, 0.3) is 0 Å². The van der Waals surface area contributed by atoms with E-state index >= 15 is 0 Å². The second-order valence-electron chi connectivity index (χ2n) is 9.71. The van der Waals surface area contributed by atoms with Gasteiger partial charge in [-0.25, -0.2) is 9.59 Å². The first-order chi connectivity index (χ1) is 16.5. The maximum absolute atomic E-state index is 12.6. The van der Waals surface area contributed by atoms with Crippen LogP contribution >= 0.6 is 0 Å². The summed E-state index contributed by atoms with van der Waals surface area (Å²) < 4.78 is 5.67. The molecule has 5 rings (SSSR count). The molecule has 178 valence electrons. The summed E-state index contributed by atoms with van der Waals surface area (Å²) in [7, 11) is 0. The van der Waals surface area contributed by atoms with Crippen LogP contribution in [-0.4, -0.2) is 41.8 Å². The highest BCUT2D eigenvalue weighted by Gasteiger charge is 2.50. The van der Waals surface area contributed by atoms with Gasteiger partial charge < -0.3 is 20.5 Å². The third-order valence-corrected chi connectivity index (χ3v) is 7.86. The van der Waals surface area contributed by atoms with Crippen molar-refractivity contribution >= 4 is 18.0 Å². The Balaban J connectivity index is 1.14. The number of rotatable bonds is 7. The van der Waals surface area contributed by atoms with E-state index in [1.165, 1.54) is 22.3 Å². The molecule has 7 heteroatoms. The molecule has 0 heterocycles. The molecule has 3 aliphatic carbocycles. The minimum atomic E-state index is -1.01. The average Bonchev–Trinajstić information content (AvgIpc) is 3.34. The monoisotopic (exact) mass is 462 g/mol. The lowest BCUT2D eigenvalue weighted by Crippen LogP contribution is -2.50. The highest BCUT2D eigenvalue weighted by Crippen LogP contribution is 2.50. The Hall–Kier alpha value is -3.35. The molecule has 2 aromatic rings. The number of carboxylic acid groups (broad SMARTS) is 1. The van der Waals surface area contributed by atoms with Crippen LogP contribution in [0.2, 0.25) is 0 Å². The molecular weight excluding hydrogens is 432 g/mol. The van der Waals surface area contributed by atoms with Crippen LogP contribution in [0.15, 0.2) is 48.5 Å². The van der Waals surface area contributed by atoms with Gasteiger partial charge in [0.2, 0.25) is 5.91 Å². The normalized spacial score (nSPS) is 25.3. The molecule has 34 heavy (non-hydrogen) atoms. The molecule has 3 N–H and O–H groups in total. The lowest BCUT2D eigenvalue weighted by atomic mass is 9.71. The van der Waals surface area contributed by atoms with Crippen molar-refractivity contribution in [3.63, 3.8) is 0 Å². The number of hydrogen-bond acceptors (Lipinski definition) is 4. The van der Waals surface area contributed by atoms with E-state index in [2.05, 4.69) is 34.9 Å². The van der Waals surface area contributed by atoms with Gasteiger partial charge in [-0.05, 0) is 59.8 Å². The van der Waals surface area contributed by atoms with Crippen LogP contribution in [0.3, 0.4) is 0 Å². The minimum absolute atomic E-state index is 0.0000959. The molecular formula is C27H30N2O5. The summed E-state index contributed by atoms with van der Waals surface area (Å²) in [4.78, 5) is 36.4. The number of hydrogen-bond donors (Lipinski definition) is 3. The summed E-state index contributed by atoms with van der Waals surface area (Å²) in [5.74, 6) is -0.749. The molecule has 2 saturated carbocycles. The Morgan fingerprint density at radius 1 is 1.00 bits per heavy atom. The van der Waals surface area contributed by atoms with Gasteiger partial charge >= 0.3 is 12.1 Å². The van der Waals surface area contributed by atoms with Crippen LogP contribution in [-0.2, 0) is 14.3 Å². The number of carbonyl (C=O) groups excluding carboxylic acids is 2. The van der Waals surface area contributed by atoms with E-state index in [0.29, 0.717) is 18.8 Å². The number of fused-ring (bicyclic) bond motifs is 4. The fourth-order valence-electron chi connectivity index (χ4n) is 6.03. The van der Waals surface area contributed by atoms with E-state index < -0.39 is 18.1 Å². The largest absolute Gasteiger partial charge is 0.480 e. The minimum Gasteiger partial charge on any atom is -0.480 e. The van der Waals surface area contributed by atoms with E-state index in [4.69, 9.17) is 4.74 Å². The molecule has 0 aliphatic heterocycles. The predicted octanol–water partition coefficient (Wildman–Crippen LogP) is 3.92. The first-order valence-electron chi connectivity index (χ1n) is 12.1. The first kappa shape index (κ1) is 22.4. The molecule has 0 radical (unpaired) electrons. The number of aliphatic carboxylic acids is 1. The zero-order chi connectivity index (χ0) is 23.8. The highest BCUT2D eigenvalue weighted by atomic mass is 16.5. The van der Waals surface area contributed by atoms with Crippen LogP contribution < -0.4 is 10.6 Å². The lowest BCUT2D eigenvalue weighted by Gasteiger charge is -2.40. The van der Waals surface area contributed by atoms with Crippen molar-refractivity contribution in [2.45, 2.75) is 50.6 Å².